The van der Waals surface area contributed by atoms with E-state index in [4.69, 9.17) is 10.9 Å². The van der Waals surface area contributed by atoms with Gasteiger partial charge in [-0.15, -0.1) is 0 Å². The molecule has 5 nitrogen and oxygen atoms in total. The van der Waals surface area contributed by atoms with Crippen LogP contribution in [0.4, 0.5) is 11.4 Å². The Morgan fingerprint density at radius 3 is 2.37 bits per heavy atom. The van der Waals surface area contributed by atoms with Gasteiger partial charge < -0.3 is 11.1 Å². The molecule has 0 radical (unpaired) electrons. The zero-order chi connectivity index (χ0) is 13.9. The molecule has 2 rings (SSSR count). The summed E-state index contributed by atoms with van der Waals surface area (Å²) in [6.45, 7) is 0.578. The molecule has 0 saturated heterocycles. The molecule has 0 heterocycles. The maximum atomic E-state index is 11.3. The summed E-state index contributed by atoms with van der Waals surface area (Å²) in [5.41, 5.74) is 7.72. The van der Waals surface area contributed by atoms with Gasteiger partial charge in [0.2, 0.25) is 10.0 Å². The summed E-state index contributed by atoms with van der Waals surface area (Å²) in [6, 6.07) is 14.2. The maximum Gasteiger partial charge on any atom is 0.238 e. The number of sulfonamides is 1. The lowest BCUT2D eigenvalue weighted by molar-refractivity contribution is 0.598. The molecule has 0 bridgehead atoms. The average Bonchev–Trinajstić information content (AvgIpc) is 2.36. The fraction of sp³-hybridized carbons (Fsp3) is 0.0769. The van der Waals surface area contributed by atoms with Gasteiger partial charge in [0, 0.05) is 17.9 Å². The molecule has 0 aliphatic rings. The molecule has 0 spiro atoms. The first-order chi connectivity index (χ1) is 8.95. The lowest BCUT2D eigenvalue weighted by Crippen LogP contribution is -2.13. The summed E-state index contributed by atoms with van der Waals surface area (Å²) >= 11 is 0. The van der Waals surface area contributed by atoms with E-state index in [9.17, 15) is 8.42 Å². The van der Waals surface area contributed by atoms with Crippen LogP contribution in [0.1, 0.15) is 5.56 Å². The Morgan fingerprint density at radius 2 is 1.74 bits per heavy atom. The molecule has 0 amide bonds. The number of hydrogen-bond acceptors (Lipinski definition) is 4. The fourth-order valence-corrected chi connectivity index (χ4v) is 2.28. The minimum atomic E-state index is -3.75. The lowest BCUT2D eigenvalue weighted by Gasteiger charge is -2.09. The summed E-state index contributed by atoms with van der Waals surface area (Å²) in [6.07, 6.45) is 0. The smallest absolute Gasteiger partial charge is 0.238 e. The number of nitrogens with two attached hydrogens (primary N) is 2. The van der Waals surface area contributed by atoms with Gasteiger partial charge in [0.1, 0.15) is 0 Å². The highest BCUT2D eigenvalue weighted by atomic mass is 32.2. The van der Waals surface area contributed by atoms with Crippen molar-refractivity contribution in [2.24, 2.45) is 5.14 Å². The number of hydrogen-bond donors (Lipinski definition) is 3. The summed E-state index contributed by atoms with van der Waals surface area (Å²) in [7, 11) is -3.75. The number of rotatable bonds is 4. The second kappa shape index (κ2) is 5.29. The Balaban J connectivity index is 2.19. The Bertz CT molecular complexity index is 670. The first-order valence-corrected chi connectivity index (χ1v) is 7.21. The van der Waals surface area contributed by atoms with Crippen LogP contribution in [0, 0.1) is 0 Å². The predicted molar refractivity (Wildman–Crippen MR) is 76.0 cm³/mol. The Labute approximate surface area is 112 Å². The second-order valence-electron chi connectivity index (χ2n) is 4.17. The van der Waals surface area contributed by atoms with Gasteiger partial charge in [-0.05, 0) is 23.8 Å². The van der Waals surface area contributed by atoms with Gasteiger partial charge in [0.05, 0.1) is 4.90 Å². The molecule has 0 fully saturated rings. The molecule has 5 N–H and O–H groups in total. The van der Waals surface area contributed by atoms with Crippen LogP contribution in [0.2, 0.25) is 0 Å². The van der Waals surface area contributed by atoms with E-state index in [0.717, 1.165) is 5.56 Å². The molecule has 2 aromatic carbocycles. The van der Waals surface area contributed by atoms with Crippen molar-refractivity contribution in [2.75, 3.05) is 11.1 Å². The zero-order valence-electron chi connectivity index (χ0n) is 10.2. The van der Waals surface area contributed by atoms with Gasteiger partial charge in [-0.2, -0.15) is 0 Å². The summed E-state index contributed by atoms with van der Waals surface area (Å²) in [5, 5.41) is 8.20. The van der Waals surface area contributed by atoms with E-state index in [0.29, 0.717) is 17.9 Å². The van der Waals surface area contributed by atoms with E-state index in [1.807, 2.05) is 30.3 Å². The zero-order valence-corrected chi connectivity index (χ0v) is 11.0. The monoisotopic (exact) mass is 277 g/mol. The quantitative estimate of drug-likeness (QED) is 0.738. The van der Waals surface area contributed by atoms with E-state index in [1.165, 1.54) is 12.1 Å². The number of anilines is 2. The van der Waals surface area contributed by atoms with Gasteiger partial charge in [0.25, 0.3) is 0 Å². The first-order valence-electron chi connectivity index (χ1n) is 5.66. The van der Waals surface area contributed by atoms with Crippen LogP contribution in [-0.2, 0) is 16.6 Å². The van der Waals surface area contributed by atoms with Gasteiger partial charge >= 0.3 is 0 Å². The van der Waals surface area contributed by atoms with Crippen LogP contribution >= 0.6 is 0 Å². The number of primary sulfonamides is 1. The Morgan fingerprint density at radius 1 is 1.05 bits per heavy atom. The molecular formula is C13H15N3O2S. The normalized spacial score (nSPS) is 11.2. The van der Waals surface area contributed by atoms with Crippen LogP contribution in [0.3, 0.4) is 0 Å². The van der Waals surface area contributed by atoms with Crippen molar-refractivity contribution < 1.29 is 8.42 Å². The standard InChI is InChI=1S/C13H15N3O2S/c14-11-6-12(8-13(7-11)19(15,17)18)16-9-10-4-2-1-3-5-10/h1-8,16H,9,14H2,(H2,15,17,18). The SMILES string of the molecule is Nc1cc(NCc2ccccc2)cc(S(N)(=O)=O)c1. The third-order valence-corrected chi connectivity index (χ3v) is 3.49. The Kier molecular flexibility index (Phi) is 3.73. The van der Waals surface area contributed by atoms with Gasteiger partial charge in [-0.1, -0.05) is 30.3 Å². The van der Waals surface area contributed by atoms with Gasteiger partial charge in [-0.3, -0.25) is 0 Å². The van der Waals surface area contributed by atoms with Gasteiger partial charge in [0.15, 0.2) is 0 Å². The van der Waals surface area contributed by atoms with Crippen LogP contribution in [0.5, 0.6) is 0 Å². The van der Waals surface area contributed by atoms with Crippen molar-refractivity contribution in [3.63, 3.8) is 0 Å². The lowest BCUT2D eigenvalue weighted by atomic mass is 10.2. The van der Waals surface area contributed by atoms with Crippen molar-refractivity contribution in [1.82, 2.24) is 0 Å². The minimum Gasteiger partial charge on any atom is -0.399 e. The molecular weight excluding hydrogens is 262 g/mol. The van der Waals surface area contributed by atoms with E-state index < -0.39 is 10.0 Å². The predicted octanol–water partition coefficient (Wildman–Crippen LogP) is 1.53. The van der Waals surface area contributed by atoms with Crippen LogP contribution in [0.25, 0.3) is 0 Å². The molecule has 0 aliphatic carbocycles. The topological polar surface area (TPSA) is 98.2 Å². The van der Waals surface area contributed by atoms with Crippen molar-refractivity contribution >= 4 is 21.4 Å². The average molecular weight is 277 g/mol. The van der Waals surface area contributed by atoms with E-state index in [1.54, 1.807) is 6.07 Å². The third kappa shape index (κ3) is 3.70. The largest absolute Gasteiger partial charge is 0.399 e. The molecule has 0 saturated carbocycles. The van der Waals surface area contributed by atoms with E-state index >= 15 is 0 Å². The highest BCUT2D eigenvalue weighted by Crippen LogP contribution is 2.20. The van der Waals surface area contributed by atoms with E-state index in [-0.39, 0.29) is 4.90 Å². The summed E-state index contributed by atoms with van der Waals surface area (Å²) in [4.78, 5) is 0.00283. The molecule has 0 aromatic heterocycles. The second-order valence-corrected chi connectivity index (χ2v) is 5.74. The number of nitrogens with one attached hydrogen (secondary N) is 1. The Hall–Kier alpha value is -2.05. The van der Waals surface area contributed by atoms with E-state index in [2.05, 4.69) is 5.32 Å². The van der Waals surface area contributed by atoms with Crippen LogP contribution in [0.15, 0.2) is 53.4 Å². The van der Waals surface area contributed by atoms with Crippen LogP contribution < -0.4 is 16.2 Å². The molecule has 0 unspecified atom stereocenters. The molecule has 6 heteroatoms. The van der Waals surface area contributed by atoms with Crippen molar-refractivity contribution in [1.29, 1.82) is 0 Å². The highest BCUT2D eigenvalue weighted by Gasteiger charge is 2.09. The molecule has 19 heavy (non-hydrogen) atoms. The molecule has 0 atom stereocenters. The summed E-state index contributed by atoms with van der Waals surface area (Å²) in [5.74, 6) is 0. The minimum absolute atomic E-state index is 0.00283. The van der Waals surface area contributed by atoms with Crippen molar-refractivity contribution in [3.8, 4) is 0 Å². The number of benzene rings is 2. The highest BCUT2D eigenvalue weighted by molar-refractivity contribution is 7.89. The van der Waals surface area contributed by atoms with Crippen molar-refractivity contribution in [2.45, 2.75) is 11.4 Å². The van der Waals surface area contributed by atoms with Crippen LogP contribution in [-0.4, -0.2) is 8.42 Å². The first kappa shape index (κ1) is 13.4. The third-order valence-electron chi connectivity index (χ3n) is 2.60. The molecule has 100 valence electrons. The fourth-order valence-electron chi connectivity index (χ4n) is 1.69. The molecule has 0 aliphatic heterocycles. The van der Waals surface area contributed by atoms with Gasteiger partial charge in [-0.25, -0.2) is 13.6 Å². The number of nitrogen functional groups attached to an aromatic ring is 1. The maximum absolute atomic E-state index is 11.3. The molecule has 2 aromatic rings. The van der Waals surface area contributed by atoms with Crippen molar-refractivity contribution in [3.05, 3.63) is 54.1 Å². The summed E-state index contributed by atoms with van der Waals surface area (Å²) < 4.78 is 22.6.